The molecule has 0 unspecified atom stereocenters. The van der Waals surface area contributed by atoms with Crippen LogP contribution in [0.3, 0.4) is 0 Å². The van der Waals surface area contributed by atoms with Crippen molar-refractivity contribution >= 4 is 28.4 Å². The highest BCUT2D eigenvalue weighted by Gasteiger charge is 2.19. The van der Waals surface area contributed by atoms with Gasteiger partial charge in [-0.25, -0.2) is 4.98 Å². The van der Waals surface area contributed by atoms with Crippen LogP contribution >= 0.6 is 11.6 Å². The quantitative estimate of drug-likeness (QED) is 0.882. The smallest absolute Gasteiger partial charge is 0.261 e. The first-order valence-electron chi connectivity index (χ1n) is 8.91. The van der Waals surface area contributed by atoms with Gasteiger partial charge in [0.05, 0.1) is 16.9 Å². The van der Waals surface area contributed by atoms with Gasteiger partial charge in [-0.15, -0.1) is 0 Å². The summed E-state index contributed by atoms with van der Waals surface area (Å²) in [5, 5.41) is 4.03. The molecule has 0 spiro atoms. The first kappa shape index (κ1) is 17.9. The van der Waals surface area contributed by atoms with Crippen molar-refractivity contribution in [2.45, 2.75) is 51.5 Å². The molecule has 5 nitrogen and oxygen atoms in total. The molecule has 1 saturated carbocycles. The molecule has 134 valence electrons. The first-order chi connectivity index (χ1) is 12.0. The van der Waals surface area contributed by atoms with Crippen molar-refractivity contribution in [1.29, 1.82) is 0 Å². The molecule has 1 aromatic carbocycles. The van der Waals surface area contributed by atoms with Crippen LogP contribution in [0.4, 0.5) is 0 Å². The summed E-state index contributed by atoms with van der Waals surface area (Å²) in [5.41, 5.74) is 0.418. The summed E-state index contributed by atoms with van der Waals surface area (Å²) in [6.07, 6.45) is 6.53. The van der Waals surface area contributed by atoms with Crippen LogP contribution in [0.5, 0.6) is 0 Å². The number of benzene rings is 1. The second-order valence-electron chi connectivity index (χ2n) is 6.97. The Hall–Kier alpha value is -1.88. The number of hydrogen-bond donors (Lipinski definition) is 1. The highest BCUT2D eigenvalue weighted by molar-refractivity contribution is 6.31. The lowest BCUT2D eigenvalue weighted by Crippen LogP contribution is -2.32. The van der Waals surface area contributed by atoms with Gasteiger partial charge in [0.25, 0.3) is 5.56 Å². The number of rotatable bonds is 5. The zero-order valence-electron chi connectivity index (χ0n) is 14.7. The van der Waals surface area contributed by atoms with E-state index >= 15 is 0 Å². The third kappa shape index (κ3) is 4.03. The number of hydrogen-bond acceptors (Lipinski definition) is 3. The van der Waals surface area contributed by atoms with E-state index in [2.05, 4.69) is 10.3 Å². The van der Waals surface area contributed by atoms with Gasteiger partial charge in [-0.2, -0.15) is 0 Å². The number of nitrogens with zero attached hydrogens (tertiary/aromatic N) is 2. The molecule has 1 aromatic heterocycles. The minimum Gasteiger partial charge on any atom is -0.346 e. The number of aromatic nitrogens is 2. The van der Waals surface area contributed by atoms with Crippen LogP contribution in [0.1, 0.15) is 57.3 Å². The maximum atomic E-state index is 12.5. The predicted molar refractivity (Wildman–Crippen MR) is 99.7 cm³/mol. The van der Waals surface area contributed by atoms with Crippen molar-refractivity contribution in [2.75, 3.05) is 0 Å². The van der Waals surface area contributed by atoms with Gasteiger partial charge in [-0.05, 0) is 37.5 Å². The molecular formula is C19H24ClN3O2. The van der Waals surface area contributed by atoms with E-state index in [1.54, 1.807) is 25.2 Å². The molecule has 0 radical (unpaired) electrons. The molecule has 25 heavy (non-hydrogen) atoms. The molecule has 1 fully saturated rings. The van der Waals surface area contributed by atoms with Crippen molar-refractivity contribution in [2.24, 2.45) is 13.0 Å². The van der Waals surface area contributed by atoms with Gasteiger partial charge < -0.3 is 5.32 Å². The highest BCUT2D eigenvalue weighted by Crippen LogP contribution is 2.28. The van der Waals surface area contributed by atoms with E-state index in [0.717, 1.165) is 6.42 Å². The molecule has 1 N–H and O–H groups in total. The monoisotopic (exact) mass is 361 g/mol. The lowest BCUT2D eigenvalue weighted by molar-refractivity contribution is -0.122. The van der Waals surface area contributed by atoms with E-state index in [1.165, 1.54) is 30.3 Å². The normalized spacial score (nSPS) is 16.3. The summed E-state index contributed by atoms with van der Waals surface area (Å²) < 4.78 is 1.50. The fourth-order valence-corrected chi connectivity index (χ4v) is 3.83. The number of halogens is 1. The van der Waals surface area contributed by atoms with Gasteiger partial charge in [0, 0.05) is 18.5 Å². The average molecular weight is 362 g/mol. The van der Waals surface area contributed by atoms with Crippen molar-refractivity contribution in [3.8, 4) is 0 Å². The molecule has 1 aliphatic rings. The van der Waals surface area contributed by atoms with Crippen LogP contribution in [0.15, 0.2) is 23.0 Å². The Morgan fingerprint density at radius 1 is 1.40 bits per heavy atom. The van der Waals surface area contributed by atoms with Gasteiger partial charge in [0.15, 0.2) is 0 Å². The van der Waals surface area contributed by atoms with E-state index in [9.17, 15) is 9.59 Å². The Morgan fingerprint density at radius 2 is 2.12 bits per heavy atom. The second kappa shape index (κ2) is 7.56. The Bertz CT molecular complexity index is 840. The number of nitrogens with one attached hydrogen (secondary N) is 1. The molecular weight excluding hydrogens is 338 g/mol. The zero-order valence-corrected chi connectivity index (χ0v) is 15.5. The molecule has 2 aromatic rings. The van der Waals surface area contributed by atoms with E-state index < -0.39 is 0 Å². The van der Waals surface area contributed by atoms with Crippen molar-refractivity contribution in [1.82, 2.24) is 14.9 Å². The van der Waals surface area contributed by atoms with Gasteiger partial charge in [-0.1, -0.05) is 37.3 Å². The molecule has 6 heteroatoms. The van der Waals surface area contributed by atoms with E-state index in [1.807, 2.05) is 6.92 Å². The SMILES string of the molecule is C[C@H](NC(=O)CCC1CCCC1)c1nc2cc(Cl)ccc2c(=O)n1C. The average Bonchev–Trinajstić information content (AvgIpc) is 3.09. The summed E-state index contributed by atoms with van der Waals surface area (Å²) in [6, 6.07) is 4.70. The van der Waals surface area contributed by atoms with Gasteiger partial charge in [0.1, 0.15) is 5.82 Å². The van der Waals surface area contributed by atoms with Crippen molar-refractivity contribution in [3.05, 3.63) is 39.4 Å². The number of amides is 1. The van der Waals surface area contributed by atoms with Crippen LogP contribution in [-0.2, 0) is 11.8 Å². The molecule has 0 saturated heterocycles. The van der Waals surface area contributed by atoms with Crippen LogP contribution in [0.25, 0.3) is 10.9 Å². The van der Waals surface area contributed by atoms with Gasteiger partial charge in [-0.3, -0.25) is 14.2 Å². The summed E-state index contributed by atoms with van der Waals surface area (Å²) in [7, 11) is 1.68. The third-order valence-electron chi connectivity index (χ3n) is 5.09. The topological polar surface area (TPSA) is 64.0 Å². The largest absolute Gasteiger partial charge is 0.346 e. The third-order valence-corrected chi connectivity index (χ3v) is 5.33. The summed E-state index contributed by atoms with van der Waals surface area (Å²) >= 11 is 6.01. The second-order valence-corrected chi connectivity index (χ2v) is 7.41. The minimum atomic E-state index is -0.336. The molecule has 1 heterocycles. The molecule has 0 aliphatic heterocycles. The maximum Gasteiger partial charge on any atom is 0.261 e. The van der Waals surface area contributed by atoms with Crippen LogP contribution in [0, 0.1) is 5.92 Å². The van der Waals surface area contributed by atoms with Crippen molar-refractivity contribution in [3.63, 3.8) is 0 Å². The van der Waals surface area contributed by atoms with Crippen molar-refractivity contribution < 1.29 is 4.79 Å². The van der Waals surface area contributed by atoms with Crippen LogP contribution in [0.2, 0.25) is 5.02 Å². The van der Waals surface area contributed by atoms with Crippen LogP contribution in [-0.4, -0.2) is 15.5 Å². The number of carbonyl (C=O) groups is 1. The number of fused-ring (bicyclic) bond motifs is 1. The van der Waals surface area contributed by atoms with Gasteiger partial charge >= 0.3 is 0 Å². The maximum absolute atomic E-state index is 12.5. The predicted octanol–water partition coefficient (Wildman–Crippen LogP) is 3.73. The Morgan fingerprint density at radius 3 is 2.84 bits per heavy atom. The summed E-state index contributed by atoms with van der Waals surface area (Å²) in [6.45, 7) is 1.85. The minimum absolute atomic E-state index is 0.0137. The summed E-state index contributed by atoms with van der Waals surface area (Å²) in [4.78, 5) is 29.3. The lowest BCUT2D eigenvalue weighted by Gasteiger charge is -2.18. The molecule has 3 rings (SSSR count). The standard InChI is InChI=1S/C19H24ClN3O2/c1-12(21-17(24)10-7-13-5-3-4-6-13)18-22-16-11-14(20)8-9-15(16)19(25)23(18)2/h8-9,11-13H,3-7,10H2,1-2H3,(H,21,24)/t12-/m0/s1. The molecule has 1 atom stereocenters. The Kier molecular flexibility index (Phi) is 5.42. The molecule has 1 aliphatic carbocycles. The van der Waals surface area contributed by atoms with E-state index in [0.29, 0.717) is 34.1 Å². The van der Waals surface area contributed by atoms with E-state index in [4.69, 9.17) is 11.6 Å². The lowest BCUT2D eigenvalue weighted by atomic mass is 10.0. The molecule has 1 amide bonds. The van der Waals surface area contributed by atoms with E-state index in [-0.39, 0.29) is 17.5 Å². The van der Waals surface area contributed by atoms with Gasteiger partial charge in [0.2, 0.25) is 5.91 Å². The highest BCUT2D eigenvalue weighted by atomic mass is 35.5. The first-order valence-corrected chi connectivity index (χ1v) is 9.29. The fourth-order valence-electron chi connectivity index (χ4n) is 3.66. The van der Waals surface area contributed by atoms with Crippen LogP contribution < -0.4 is 10.9 Å². The fraction of sp³-hybridized carbons (Fsp3) is 0.526. The number of carbonyl (C=O) groups excluding carboxylic acids is 1. The zero-order chi connectivity index (χ0) is 18.0. The summed E-state index contributed by atoms with van der Waals surface area (Å²) in [5.74, 6) is 1.24. The molecule has 0 bridgehead atoms. The Labute approximate surface area is 152 Å². The Balaban J connectivity index is 1.74.